The Morgan fingerprint density at radius 3 is 1.37 bits per heavy atom. The van der Waals surface area contributed by atoms with Crippen molar-refractivity contribution in [3.8, 4) is 11.1 Å². The molecule has 0 aromatic heterocycles. The molecule has 0 spiro atoms. The van der Waals surface area contributed by atoms with E-state index < -0.39 is 44.7 Å². The van der Waals surface area contributed by atoms with Crippen LogP contribution < -0.4 is 24.8 Å². The maximum absolute atomic E-state index is 14.6. The van der Waals surface area contributed by atoms with Crippen molar-refractivity contribution in [2.45, 2.75) is 123 Å². The zero-order valence-electron chi connectivity index (χ0n) is 36.2. The van der Waals surface area contributed by atoms with Crippen LogP contribution in [-0.4, -0.2) is 3.21 Å². The van der Waals surface area contributed by atoms with Crippen molar-refractivity contribution in [1.82, 2.24) is 0 Å². The molecule has 0 saturated carbocycles. The fourth-order valence-electron chi connectivity index (χ4n) is 9.06. The number of benzene rings is 4. The van der Waals surface area contributed by atoms with Crippen molar-refractivity contribution in [3.63, 3.8) is 0 Å². The van der Waals surface area contributed by atoms with Gasteiger partial charge in [-0.3, -0.25) is 0 Å². The van der Waals surface area contributed by atoms with Gasteiger partial charge in [0.05, 0.1) is 0 Å². The van der Waals surface area contributed by atoms with Crippen molar-refractivity contribution in [2.24, 2.45) is 11.3 Å². The van der Waals surface area contributed by atoms with Crippen LogP contribution in [0.15, 0.2) is 93.8 Å². The molecular weight excluding hydrogens is 877 g/mol. The van der Waals surface area contributed by atoms with Gasteiger partial charge in [0.25, 0.3) is 0 Å². The van der Waals surface area contributed by atoms with Crippen LogP contribution >= 0.6 is 0 Å². The molecule has 4 aromatic carbocycles. The predicted molar refractivity (Wildman–Crippen MR) is 221 cm³/mol. The average molecular weight is 933 g/mol. The molecule has 0 amide bonds. The second-order valence-electron chi connectivity index (χ2n) is 19.3. The Kier molecular flexibility index (Phi) is 14.3. The first-order valence-electron chi connectivity index (χ1n) is 20.1. The molecular formula is C50H56Cl2F6Zr. The summed E-state index contributed by atoms with van der Waals surface area (Å²) in [4.78, 5) is 0. The Morgan fingerprint density at radius 2 is 1.02 bits per heavy atom. The number of fused-ring (bicyclic) bond motifs is 3. The summed E-state index contributed by atoms with van der Waals surface area (Å²) in [7, 11) is 0. The topological polar surface area (TPSA) is 0 Å². The minimum absolute atomic E-state index is 0. The number of alkyl halides is 6. The summed E-state index contributed by atoms with van der Waals surface area (Å²) in [5.41, 5.74) is 8.92. The van der Waals surface area contributed by atoms with Crippen molar-refractivity contribution < 1.29 is 72.4 Å². The first-order valence-corrected chi connectivity index (χ1v) is 23.9. The smallest absolute Gasteiger partial charge is 1.00 e. The van der Waals surface area contributed by atoms with Crippen LogP contribution in [0.25, 0.3) is 11.1 Å². The molecule has 316 valence electrons. The van der Waals surface area contributed by atoms with Crippen LogP contribution in [-0.2, 0) is 44.4 Å². The molecule has 2 aliphatic carbocycles. The molecule has 1 unspecified atom stereocenters. The Labute approximate surface area is 368 Å². The number of aryl methyl sites for hydroxylation is 2. The van der Waals surface area contributed by atoms with Gasteiger partial charge in [0, 0.05) is 0 Å². The van der Waals surface area contributed by atoms with Gasteiger partial charge in [-0.05, 0) is 0 Å². The molecule has 0 radical (unpaired) electrons. The molecule has 0 N–H and O–H groups in total. The number of rotatable bonds is 6. The summed E-state index contributed by atoms with van der Waals surface area (Å²) in [6, 6.07) is 19.9. The van der Waals surface area contributed by atoms with Crippen molar-refractivity contribution in [3.05, 3.63) is 149 Å². The largest absolute Gasteiger partial charge is 1.00 e. The number of hydrogen-bond donors (Lipinski definition) is 0. The third-order valence-corrected chi connectivity index (χ3v) is 20.2. The number of halogens is 8. The van der Waals surface area contributed by atoms with Gasteiger partial charge >= 0.3 is 345 Å². The summed E-state index contributed by atoms with van der Waals surface area (Å²) in [5, 5.41) is 0. The van der Waals surface area contributed by atoms with E-state index in [9.17, 15) is 26.3 Å². The summed E-state index contributed by atoms with van der Waals surface area (Å²) < 4.78 is 89.2. The number of allylic oxidation sites excluding steroid dienone is 4. The van der Waals surface area contributed by atoms with Gasteiger partial charge in [-0.2, -0.15) is 0 Å². The van der Waals surface area contributed by atoms with Crippen LogP contribution in [0.1, 0.15) is 141 Å². The third kappa shape index (κ3) is 9.84. The fraction of sp³-hybridized carbons (Fsp3) is 0.420. The first-order chi connectivity index (χ1) is 26.2. The van der Waals surface area contributed by atoms with E-state index in [1.54, 1.807) is 12.1 Å². The summed E-state index contributed by atoms with van der Waals surface area (Å²) in [6.07, 6.45) is -2.90. The van der Waals surface area contributed by atoms with E-state index in [-0.39, 0.29) is 50.6 Å². The van der Waals surface area contributed by atoms with E-state index >= 15 is 0 Å². The normalized spacial score (nSPS) is 15.6. The van der Waals surface area contributed by atoms with Crippen LogP contribution in [0, 0.1) is 25.2 Å². The molecule has 6 rings (SSSR count). The molecule has 0 saturated heterocycles. The minimum Gasteiger partial charge on any atom is -1.00 e. The van der Waals surface area contributed by atoms with E-state index in [0.717, 1.165) is 58.4 Å². The molecule has 4 aromatic rings. The van der Waals surface area contributed by atoms with Gasteiger partial charge in [0.2, 0.25) is 0 Å². The van der Waals surface area contributed by atoms with Crippen molar-refractivity contribution >= 4 is 3.21 Å². The average Bonchev–Trinajstić information content (AvgIpc) is 3.63. The predicted octanol–water partition coefficient (Wildman–Crippen LogP) is 9.19. The van der Waals surface area contributed by atoms with Crippen molar-refractivity contribution in [1.29, 1.82) is 0 Å². The van der Waals surface area contributed by atoms with Gasteiger partial charge in [-0.25, -0.2) is 0 Å². The van der Waals surface area contributed by atoms with Crippen LogP contribution in [0.3, 0.4) is 0 Å². The maximum atomic E-state index is 14.6. The zero-order chi connectivity index (χ0) is 42.2. The molecule has 2 aliphatic rings. The fourth-order valence-corrected chi connectivity index (χ4v) is 18.6. The third-order valence-electron chi connectivity index (χ3n) is 11.7. The molecule has 59 heavy (non-hydrogen) atoms. The van der Waals surface area contributed by atoms with Gasteiger partial charge in [0.15, 0.2) is 0 Å². The second-order valence-corrected chi connectivity index (χ2v) is 25.4. The molecule has 0 heterocycles. The second kappa shape index (κ2) is 17.2. The van der Waals surface area contributed by atoms with E-state index in [4.69, 9.17) is 0 Å². The maximum Gasteiger partial charge on any atom is -1.00 e. The van der Waals surface area contributed by atoms with E-state index in [1.165, 1.54) is 44.2 Å². The van der Waals surface area contributed by atoms with Gasteiger partial charge in [-0.1, -0.05) is 0 Å². The minimum atomic E-state index is -4.63. The van der Waals surface area contributed by atoms with Gasteiger partial charge in [-0.15, -0.1) is 0 Å². The molecule has 0 bridgehead atoms. The van der Waals surface area contributed by atoms with Crippen LogP contribution in [0.5, 0.6) is 0 Å². The van der Waals surface area contributed by atoms with Crippen molar-refractivity contribution in [2.75, 3.05) is 0 Å². The standard InChI is InChI=1S/C23H29.C15H8F6.C12H19.2ClH.Zr/c1-14-9-16-11-17-10-15(2)21(23(6,7)8)13-19(17)18(16)12-20(14)22(3,4)5;16-14(17,18)12-5-1-3-10(8-12)7-11-4-2-6-13(9-11)15(19,20)21;1-5-6-10-7-8-11(9-10)12(2,3)4;;;/h9-13H,1-8H3;1-6,8-9H;8-10H,5-6H2,1-4H3;2*1H;/q;;;;;+2/p-2. The first kappa shape index (κ1) is 48.9. The summed E-state index contributed by atoms with van der Waals surface area (Å²) in [5.74, 6) is 0.0163. The van der Waals surface area contributed by atoms with Gasteiger partial charge in [0.1, 0.15) is 0 Å². The quantitative estimate of drug-likeness (QED) is 0.170. The van der Waals surface area contributed by atoms with E-state index in [2.05, 4.69) is 120 Å². The van der Waals surface area contributed by atoms with Crippen LogP contribution in [0.2, 0.25) is 0 Å². The Bertz CT molecular complexity index is 2190. The number of hydrogen-bond acceptors (Lipinski definition) is 0. The van der Waals surface area contributed by atoms with Gasteiger partial charge < -0.3 is 24.8 Å². The monoisotopic (exact) mass is 930 g/mol. The summed E-state index contributed by atoms with van der Waals surface area (Å²) >= 11 is -3.84. The SMILES string of the molecule is CCCC1C=C(C(C)(C)C)C=[C]1[Zr+2](=[C](c1cccc(C(F)(F)F)c1)c1cccc(C(F)(F)F)c1)[CH]1c2cc(C)c(C(C)(C)C)cc2-c2cc(C(C)(C)C)c(C)cc21.[Cl-].[Cl-]. The summed E-state index contributed by atoms with van der Waals surface area (Å²) in [6.45, 7) is 26.2. The van der Waals surface area contributed by atoms with E-state index in [1.807, 2.05) is 0 Å². The molecule has 1 atom stereocenters. The Balaban J connectivity index is 0.00000384. The Hall–Kier alpha value is -2.73. The van der Waals surface area contributed by atoms with E-state index in [0.29, 0.717) is 14.3 Å². The zero-order valence-corrected chi connectivity index (χ0v) is 40.1. The molecule has 9 heteroatoms. The molecule has 0 nitrogen and oxygen atoms in total. The Morgan fingerprint density at radius 1 is 0.593 bits per heavy atom. The molecule has 0 fully saturated rings. The van der Waals surface area contributed by atoms with Crippen LogP contribution in [0.4, 0.5) is 26.3 Å². The molecule has 0 aliphatic heterocycles.